The first-order chi connectivity index (χ1) is 20.7. The van der Waals surface area contributed by atoms with Gasteiger partial charge in [0.2, 0.25) is 0 Å². The van der Waals surface area contributed by atoms with Crippen LogP contribution in [0.25, 0.3) is 22.3 Å². The highest BCUT2D eigenvalue weighted by Gasteiger charge is 2.21. The van der Waals surface area contributed by atoms with Crippen LogP contribution in [0.3, 0.4) is 0 Å². The van der Waals surface area contributed by atoms with E-state index >= 15 is 0 Å². The summed E-state index contributed by atoms with van der Waals surface area (Å²) in [5.41, 5.74) is 5.81. The van der Waals surface area contributed by atoms with E-state index in [1.807, 2.05) is 97.1 Å². The molecule has 0 saturated carbocycles. The van der Waals surface area contributed by atoms with E-state index in [2.05, 4.69) is 12.1 Å². The van der Waals surface area contributed by atoms with Crippen molar-refractivity contribution in [2.75, 3.05) is 26.4 Å². The van der Waals surface area contributed by atoms with Gasteiger partial charge >= 0.3 is 0 Å². The zero-order chi connectivity index (χ0) is 29.0. The third kappa shape index (κ3) is 9.21. The molecule has 6 rings (SSSR count). The molecule has 6 heteroatoms. The van der Waals surface area contributed by atoms with Crippen LogP contribution in [0.1, 0.15) is 36.8 Å². The molecule has 2 aliphatic heterocycles. The molecule has 2 aliphatic rings. The van der Waals surface area contributed by atoms with Crippen LogP contribution in [0.15, 0.2) is 97.1 Å². The molecule has 0 bridgehead atoms. The fraction of sp³-hybridized carbons (Fsp3) is 0.278. The summed E-state index contributed by atoms with van der Waals surface area (Å²) >= 11 is 0. The lowest BCUT2D eigenvalue weighted by Gasteiger charge is -2.07. The van der Waals surface area contributed by atoms with E-state index < -0.39 is 0 Å². The first-order valence-corrected chi connectivity index (χ1v) is 14.4. The van der Waals surface area contributed by atoms with Crippen molar-refractivity contribution < 1.29 is 18.9 Å². The van der Waals surface area contributed by atoms with Crippen LogP contribution in [0.5, 0.6) is 11.5 Å². The average Bonchev–Trinajstić information content (AvgIpc) is 3.99. The maximum Gasteiger partial charge on any atom is 0.119 e. The van der Waals surface area contributed by atoms with E-state index in [4.69, 9.17) is 29.5 Å². The number of nitrogens with zero attached hydrogens (tertiary/aromatic N) is 2. The number of hydrogen-bond donors (Lipinski definition) is 0. The second kappa shape index (κ2) is 14.8. The Morgan fingerprint density at radius 1 is 0.524 bits per heavy atom. The highest BCUT2D eigenvalue weighted by Crippen LogP contribution is 2.25. The van der Waals surface area contributed by atoms with Crippen molar-refractivity contribution in [1.29, 1.82) is 10.5 Å². The fourth-order valence-corrected chi connectivity index (χ4v) is 4.43. The molecule has 6 nitrogen and oxygen atoms in total. The van der Waals surface area contributed by atoms with Crippen molar-refractivity contribution in [2.45, 2.75) is 37.9 Å². The van der Waals surface area contributed by atoms with E-state index in [9.17, 15) is 0 Å². The zero-order valence-electron chi connectivity index (χ0n) is 23.6. The minimum absolute atomic E-state index is 0.479. The molecule has 2 fully saturated rings. The van der Waals surface area contributed by atoms with Crippen LogP contribution in [0.2, 0.25) is 0 Å². The first-order valence-electron chi connectivity index (χ1n) is 14.4. The summed E-state index contributed by atoms with van der Waals surface area (Å²) < 4.78 is 21.8. The predicted molar refractivity (Wildman–Crippen MR) is 162 cm³/mol. The van der Waals surface area contributed by atoms with Gasteiger partial charge in [0, 0.05) is 0 Å². The summed E-state index contributed by atoms with van der Waals surface area (Å²) in [6.07, 6.45) is 5.19. The topological polar surface area (TPSA) is 91.1 Å². The minimum Gasteiger partial charge on any atom is -0.494 e. The molecule has 0 spiro atoms. The molecule has 0 radical (unpaired) electrons. The maximum atomic E-state index is 8.80. The molecule has 0 aliphatic carbocycles. The second-order valence-corrected chi connectivity index (χ2v) is 10.3. The van der Waals surface area contributed by atoms with Crippen molar-refractivity contribution >= 4 is 0 Å². The third-order valence-corrected chi connectivity index (χ3v) is 7.09. The Balaban J connectivity index is 0.000000168. The molecular formula is C36H34N2O4. The number of benzene rings is 4. The van der Waals surface area contributed by atoms with Crippen molar-refractivity contribution in [3.05, 3.63) is 108 Å². The van der Waals surface area contributed by atoms with Crippen LogP contribution in [-0.4, -0.2) is 38.6 Å². The lowest BCUT2D eigenvalue weighted by molar-refractivity contribution is 0.294. The summed E-state index contributed by atoms with van der Waals surface area (Å²) in [5, 5.41) is 17.6. The second-order valence-electron chi connectivity index (χ2n) is 10.3. The number of epoxide rings is 2. The summed E-state index contributed by atoms with van der Waals surface area (Å²) in [5.74, 6) is 1.79. The van der Waals surface area contributed by atoms with Gasteiger partial charge in [0.25, 0.3) is 0 Å². The molecule has 2 heterocycles. The van der Waals surface area contributed by atoms with Crippen LogP contribution < -0.4 is 9.47 Å². The molecule has 42 heavy (non-hydrogen) atoms. The normalized spacial score (nSPS) is 16.2. The quantitative estimate of drug-likeness (QED) is 0.132. The lowest BCUT2D eigenvalue weighted by Crippen LogP contribution is -1.99. The molecule has 2 saturated heterocycles. The molecule has 4 aromatic rings. The van der Waals surface area contributed by atoms with Gasteiger partial charge in [0.05, 0.1) is 61.9 Å². The smallest absolute Gasteiger partial charge is 0.119 e. The standard InChI is InChI=1S/2C18H17NO2/c2*19-12-14-3-5-15(6-4-14)16-7-9-17(10-8-16)20-11-1-2-18-13-21-18/h2*3-10,18H,1-2,11,13H2/t2*18-/m00/s1. The lowest BCUT2D eigenvalue weighted by atomic mass is 10.0. The summed E-state index contributed by atoms with van der Waals surface area (Å²) in [4.78, 5) is 0. The van der Waals surface area contributed by atoms with E-state index in [1.165, 1.54) is 0 Å². The van der Waals surface area contributed by atoms with Gasteiger partial charge in [0.15, 0.2) is 0 Å². The summed E-state index contributed by atoms with van der Waals surface area (Å²) in [7, 11) is 0. The van der Waals surface area contributed by atoms with Gasteiger partial charge < -0.3 is 18.9 Å². The molecule has 4 aromatic carbocycles. The number of hydrogen-bond acceptors (Lipinski definition) is 6. The number of nitriles is 2. The van der Waals surface area contributed by atoms with E-state index in [0.717, 1.165) is 85.9 Å². The van der Waals surface area contributed by atoms with Crippen LogP contribution in [0, 0.1) is 22.7 Å². The van der Waals surface area contributed by atoms with Crippen molar-refractivity contribution in [3.8, 4) is 45.9 Å². The van der Waals surface area contributed by atoms with Crippen molar-refractivity contribution in [3.63, 3.8) is 0 Å². The van der Waals surface area contributed by atoms with Crippen LogP contribution in [0.4, 0.5) is 0 Å². The van der Waals surface area contributed by atoms with Gasteiger partial charge in [0.1, 0.15) is 11.5 Å². The first kappa shape index (κ1) is 28.9. The van der Waals surface area contributed by atoms with Crippen molar-refractivity contribution in [2.24, 2.45) is 0 Å². The molecule has 0 aromatic heterocycles. The summed E-state index contributed by atoms with van der Waals surface area (Å²) in [6, 6.07) is 35.6. The number of ether oxygens (including phenoxy) is 4. The minimum atomic E-state index is 0.479. The predicted octanol–water partition coefficient (Wildman–Crippen LogP) is 7.57. The van der Waals surface area contributed by atoms with Gasteiger partial charge in [-0.3, -0.25) is 0 Å². The largest absolute Gasteiger partial charge is 0.494 e. The van der Waals surface area contributed by atoms with E-state index in [-0.39, 0.29) is 0 Å². The Morgan fingerprint density at radius 2 is 0.833 bits per heavy atom. The summed E-state index contributed by atoms with van der Waals surface area (Å²) in [6.45, 7) is 3.30. The zero-order valence-corrected chi connectivity index (χ0v) is 23.6. The Morgan fingerprint density at radius 3 is 1.12 bits per heavy atom. The van der Waals surface area contributed by atoms with Crippen LogP contribution >= 0.6 is 0 Å². The third-order valence-electron chi connectivity index (χ3n) is 7.09. The van der Waals surface area contributed by atoms with Crippen LogP contribution in [-0.2, 0) is 9.47 Å². The van der Waals surface area contributed by atoms with Gasteiger partial charge in [-0.2, -0.15) is 10.5 Å². The van der Waals surface area contributed by atoms with Gasteiger partial charge in [-0.15, -0.1) is 0 Å². The molecule has 212 valence electrons. The SMILES string of the molecule is N#Cc1ccc(-c2ccc(OCCC[C@H]3CO3)cc2)cc1.N#Cc1ccc(-c2ccc(OCCC[C@H]3CO3)cc2)cc1. The molecule has 0 amide bonds. The Labute approximate surface area is 247 Å². The Hall–Kier alpha value is -4.62. The monoisotopic (exact) mass is 558 g/mol. The number of rotatable bonds is 12. The molecule has 0 N–H and O–H groups in total. The van der Waals surface area contributed by atoms with Crippen molar-refractivity contribution in [1.82, 2.24) is 0 Å². The highest BCUT2D eigenvalue weighted by molar-refractivity contribution is 5.65. The van der Waals surface area contributed by atoms with Gasteiger partial charge in [-0.25, -0.2) is 0 Å². The van der Waals surface area contributed by atoms with Gasteiger partial charge in [-0.1, -0.05) is 48.5 Å². The average molecular weight is 559 g/mol. The van der Waals surface area contributed by atoms with Gasteiger partial charge in [-0.05, 0) is 96.5 Å². The fourth-order valence-electron chi connectivity index (χ4n) is 4.43. The molecule has 0 unspecified atom stereocenters. The Kier molecular flexibility index (Phi) is 10.2. The molecule has 2 atom stereocenters. The Bertz CT molecular complexity index is 1360. The highest BCUT2D eigenvalue weighted by atomic mass is 16.6. The molecular weight excluding hydrogens is 524 g/mol. The maximum absolute atomic E-state index is 8.80. The van der Waals surface area contributed by atoms with E-state index in [1.54, 1.807) is 0 Å². The van der Waals surface area contributed by atoms with E-state index in [0.29, 0.717) is 23.3 Å².